The summed E-state index contributed by atoms with van der Waals surface area (Å²) in [4.78, 5) is 4.39. The minimum absolute atomic E-state index is 0.501. The van der Waals surface area contributed by atoms with Gasteiger partial charge in [0.15, 0.2) is 10.2 Å². The molecule has 0 amide bonds. The first-order valence-corrected chi connectivity index (χ1v) is 9.98. The summed E-state index contributed by atoms with van der Waals surface area (Å²) in [6.45, 7) is 4.25. The van der Waals surface area contributed by atoms with E-state index in [9.17, 15) is 0 Å². The SMILES string of the molecule is CC(C)Cc1nc(CSc2nnc(Nc3cccc(Br)c3)s2)no1. The van der Waals surface area contributed by atoms with Crippen LogP contribution in [-0.2, 0) is 12.2 Å². The van der Waals surface area contributed by atoms with Crippen LogP contribution in [-0.4, -0.2) is 20.3 Å². The highest BCUT2D eigenvalue weighted by atomic mass is 79.9. The monoisotopic (exact) mass is 425 g/mol. The van der Waals surface area contributed by atoms with Crippen molar-refractivity contribution < 1.29 is 4.52 Å². The van der Waals surface area contributed by atoms with Crippen LogP contribution < -0.4 is 5.32 Å². The van der Waals surface area contributed by atoms with Crippen LogP contribution in [0.3, 0.4) is 0 Å². The molecular formula is C15H16BrN5OS2. The van der Waals surface area contributed by atoms with Crippen LogP contribution in [0.4, 0.5) is 10.8 Å². The Kier molecular flexibility index (Phi) is 5.85. The van der Waals surface area contributed by atoms with Crippen molar-refractivity contribution in [2.75, 3.05) is 5.32 Å². The standard InChI is InChI=1S/C15H16BrN5OS2/c1-9(2)6-13-18-12(21-22-13)8-23-15-20-19-14(24-15)17-11-5-3-4-10(16)7-11/h3-5,7,9H,6,8H2,1-2H3,(H,17,19). The Morgan fingerprint density at radius 2 is 2.21 bits per heavy atom. The van der Waals surface area contributed by atoms with E-state index in [1.165, 1.54) is 11.3 Å². The summed E-state index contributed by atoms with van der Waals surface area (Å²) in [5, 5.41) is 16.3. The van der Waals surface area contributed by atoms with Gasteiger partial charge in [-0.2, -0.15) is 4.98 Å². The van der Waals surface area contributed by atoms with Gasteiger partial charge in [-0.25, -0.2) is 0 Å². The molecule has 0 spiro atoms. The Bertz CT molecular complexity index is 805. The maximum absolute atomic E-state index is 5.24. The zero-order valence-corrected chi connectivity index (χ0v) is 16.4. The van der Waals surface area contributed by atoms with Crippen LogP contribution in [0.25, 0.3) is 0 Å². The highest BCUT2D eigenvalue weighted by Crippen LogP contribution is 2.30. The maximum Gasteiger partial charge on any atom is 0.226 e. The molecule has 0 bridgehead atoms. The lowest BCUT2D eigenvalue weighted by molar-refractivity contribution is 0.360. The van der Waals surface area contributed by atoms with Crippen molar-refractivity contribution in [3.8, 4) is 0 Å². The van der Waals surface area contributed by atoms with Gasteiger partial charge in [-0.1, -0.05) is 64.1 Å². The largest absolute Gasteiger partial charge is 0.339 e. The minimum Gasteiger partial charge on any atom is -0.339 e. The fraction of sp³-hybridized carbons (Fsp3) is 0.333. The second-order valence-corrected chi connectivity index (χ2v) is 8.62. The molecule has 0 unspecified atom stereocenters. The van der Waals surface area contributed by atoms with E-state index in [1.54, 1.807) is 11.8 Å². The van der Waals surface area contributed by atoms with Crippen LogP contribution in [0.1, 0.15) is 25.6 Å². The molecule has 0 radical (unpaired) electrons. The molecule has 0 aliphatic heterocycles. The summed E-state index contributed by atoms with van der Waals surface area (Å²) in [5.74, 6) is 2.50. The number of hydrogen-bond donors (Lipinski definition) is 1. The van der Waals surface area contributed by atoms with Crippen LogP contribution in [0.15, 0.2) is 37.6 Å². The number of benzene rings is 1. The van der Waals surface area contributed by atoms with Gasteiger partial charge in [-0.05, 0) is 24.1 Å². The van der Waals surface area contributed by atoms with Gasteiger partial charge in [-0.15, -0.1) is 10.2 Å². The molecular weight excluding hydrogens is 410 g/mol. The molecule has 0 aliphatic rings. The number of thioether (sulfide) groups is 1. The molecule has 3 rings (SSSR count). The predicted octanol–water partition coefficient (Wildman–Crippen LogP) is 4.92. The third kappa shape index (κ3) is 5.02. The summed E-state index contributed by atoms with van der Waals surface area (Å²) in [5.41, 5.74) is 0.966. The number of anilines is 2. The molecule has 2 aromatic heterocycles. The van der Waals surface area contributed by atoms with Crippen molar-refractivity contribution in [3.05, 3.63) is 40.5 Å². The predicted molar refractivity (Wildman–Crippen MR) is 99.7 cm³/mol. The van der Waals surface area contributed by atoms with Gasteiger partial charge >= 0.3 is 0 Å². The van der Waals surface area contributed by atoms with E-state index in [-0.39, 0.29) is 0 Å². The molecule has 2 heterocycles. The van der Waals surface area contributed by atoms with Crippen molar-refractivity contribution in [1.82, 2.24) is 20.3 Å². The van der Waals surface area contributed by atoms with Gasteiger partial charge in [0.2, 0.25) is 11.0 Å². The van der Waals surface area contributed by atoms with E-state index in [4.69, 9.17) is 4.52 Å². The number of nitrogens with zero attached hydrogens (tertiary/aromatic N) is 4. The summed E-state index contributed by atoms with van der Waals surface area (Å²) < 4.78 is 7.11. The lowest BCUT2D eigenvalue weighted by Crippen LogP contribution is -1.94. The van der Waals surface area contributed by atoms with Crippen LogP contribution in [0.5, 0.6) is 0 Å². The van der Waals surface area contributed by atoms with E-state index >= 15 is 0 Å². The average Bonchev–Trinajstić information content (AvgIpc) is 3.14. The first-order valence-electron chi connectivity index (χ1n) is 7.39. The lowest BCUT2D eigenvalue weighted by Gasteiger charge is -2.01. The Morgan fingerprint density at radius 3 is 3.00 bits per heavy atom. The highest BCUT2D eigenvalue weighted by Gasteiger charge is 2.11. The number of halogens is 1. The Morgan fingerprint density at radius 1 is 1.33 bits per heavy atom. The molecule has 0 atom stereocenters. The Labute approximate surface area is 156 Å². The van der Waals surface area contributed by atoms with Crippen molar-refractivity contribution in [1.29, 1.82) is 0 Å². The maximum atomic E-state index is 5.24. The summed E-state index contributed by atoms with van der Waals surface area (Å²) in [6.07, 6.45) is 0.803. The first-order chi connectivity index (χ1) is 11.6. The van der Waals surface area contributed by atoms with E-state index in [1.807, 2.05) is 24.3 Å². The molecule has 1 aromatic carbocycles. The Balaban J connectivity index is 1.55. The number of rotatable bonds is 7. The summed E-state index contributed by atoms with van der Waals surface area (Å²) >= 11 is 6.50. The van der Waals surface area contributed by atoms with Gasteiger partial charge in [0.25, 0.3) is 0 Å². The van der Waals surface area contributed by atoms with Gasteiger partial charge in [0.1, 0.15) is 0 Å². The summed E-state index contributed by atoms with van der Waals surface area (Å²) in [7, 11) is 0. The summed E-state index contributed by atoms with van der Waals surface area (Å²) in [6, 6.07) is 7.91. The molecule has 6 nitrogen and oxygen atoms in total. The van der Waals surface area contributed by atoms with Crippen LogP contribution >= 0.6 is 39.0 Å². The van der Waals surface area contributed by atoms with Crippen LogP contribution in [0, 0.1) is 5.92 Å². The number of nitrogens with one attached hydrogen (secondary N) is 1. The molecule has 126 valence electrons. The molecule has 0 aliphatic carbocycles. The molecule has 3 aromatic rings. The Hall–Kier alpha value is -1.45. The molecule has 24 heavy (non-hydrogen) atoms. The van der Waals surface area contributed by atoms with E-state index < -0.39 is 0 Å². The fourth-order valence-corrected chi connectivity index (χ4v) is 3.93. The molecule has 0 fully saturated rings. The number of hydrogen-bond acceptors (Lipinski definition) is 8. The van der Waals surface area contributed by atoms with Crippen LogP contribution in [0.2, 0.25) is 0 Å². The smallest absolute Gasteiger partial charge is 0.226 e. The topological polar surface area (TPSA) is 76.7 Å². The third-order valence-electron chi connectivity index (χ3n) is 2.90. The van der Waals surface area contributed by atoms with Gasteiger partial charge in [-0.3, -0.25) is 0 Å². The van der Waals surface area contributed by atoms with Crippen molar-refractivity contribution >= 4 is 49.8 Å². The normalized spacial score (nSPS) is 11.2. The average molecular weight is 426 g/mol. The van der Waals surface area contributed by atoms with E-state index in [0.717, 1.165) is 26.1 Å². The van der Waals surface area contributed by atoms with E-state index in [0.29, 0.717) is 23.4 Å². The van der Waals surface area contributed by atoms with Crippen molar-refractivity contribution in [2.45, 2.75) is 30.4 Å². The molecule has 0 saturated carbocycles. The highest BCUT2D eigenvalue weighted by molar-refractivity contribution is 9.10. The zero-order chi connectivity index (χ0) is 16.9. The lowest BCUT2D eigenvalue weighted by atomic mass is 10.1. The second-order valence-electron chi connectivity index (χ2n) is 5.50. The van der Waals surface area contributed by atoms with Crippen molar-refractivity contribution in [2.24, 2.45) is 5.92 Å². The molecule has 1 N–H and O–H groups in total. The second kappa shape index (κ2) is 8.09. The first kappa shape index (κ1) is 17.4. The third-order valence-corrected chi connectivity index (χ3v) is 5.36. The minimum atomic E-state index is 0.501. The number of aromatic nitrogens is 4. The van der Waals surface area contributed by atoms with Crippen molar-refractivity contribution in [3.63, 3.8) is 0 Å². The van der Waals surface area contributed by atoms with E-state index in [2.05, 4.69) is 55.4 Å². The van der Waals surface area contributed by atoms with Gasteiger partial charge in [0.05, 0.1) is 5.75 Å². The van der Waals surface area contributed by atoms with Gasteiger partial charge in [0, 0.05) is 16.6 Å². The zero-order valence-electron chi connectivity index (χ0n) is 13.2. The molecule has 0 saturated heterocycles. The molecule has 9 heteroatoms. The quantitative estimate of drug-likeness (QED) is 0.538. The van der Waals surface area contributed by atoms with Gasteiger partial charge < -0.3 is 9.84 Å². The fourth-order valence-electron chi connectivity index (χ4n) is 1.92.